The fourth-order valence-corrected chi connectivity index (χ4v) is 2.81. The van der Waals surface area contributed by atoms with Crippen LogP contribution in [0.1, 0.15) is 16.7 Å². The number of amides is 2. The summed E-state index contributed by atoms with van der Waals surface area (Å²) < 4.78 is 5.63. The first-order valence-corrected chi connectivity index (χ1v) is 8.96. The van der Waals surface area contributed by atoms with Crippen LogP contribution in [0.15, 0.2) is 53.5 Å². The lowest BCUT2D eigenvalue weighted by atomic mass is 10.1. The van der Waals surface area contributed by atoms with Crippen molar-refractivity contribution in [3.8, 4) is 0 Å². The van der Waals surface area contributed by atoms with E-state index in [-0.39, 0.29) is 6.03 Å². The van der Waals surface area contributed by atoms with Gasteiger partial charge in [-0.05, 0) is 30.5 Å². The van der Waals surface area contributed by atoms with E-state index in [2.05, 4.69) is 15.6 Å². The summed E-state index contributed by atoms with van der Waals surface area (Å²) in [7, 11) is 3.38. The van der Waals surface area contributed by atoms with Crippen LogP contribution in [-0.2, 0) is 11.3 Å². The minimum Gasteiger partial charge on any atom is -0.375 e. The Hall–Kier alpha value is -2.86. The fourth-order valence-electron chi connectivity index (χ4n) is 2.81. The Labute approximate surface area is 161 Å². The zero-order chi connectivity index (χ0) is 19.6. The summed E-state index contributed by atoms with van der Waals surface area (Å²) >= 11 is 0. The molecule has 0 saturated heterocycles. The Morgan fingerprint density at radius 3 is 2.37 bits per heavy atom. The van der Waals surface area contributed by atoms with Crippen molar-refractivity contribution in [1.82, 2.24) is 10.6 Å². The molecule has 6 nitrogen and oxygen atoms in total. The maximum atomic E-state index is 12.6. The van der Waals surface area contributed by atoms with Crippen LogP contribution in [0.5, 0.6) is 0 Å². The SMILES string of the molecule is CN=C(NCCOCc1ccccc1)NC(=O)N(C)c1c(C)cccc1C. The Balaban J connectivity index is 1.79. The number of hydrogen-bond donors (Lipinski definition) is 2. The Morgan fingerprint density at radius 2 is 1.74 bits per heavy atom. The monoisotopic (exact) mass is 368 g/mol. The summed E-state index contributed by atoms with van der Waals surface area (Å²) in [6.45, 7) is 5.60. The summed E-state index contributed by atoms with van der Waals surface area (Å²) in [5.74, 6) is 0.418. The van der Waals surface area contributed by atoms with E-state index in [1.807, 2.05) is 62.4 Å². The maximum absolute atomic E-state index is 12.6. The molecule has 2 rings (SSSR count). The molecule has 0 aromatic heterocycles. The zero-order valence-corrected chi connectivity index (χ0v) is 16.5. The van der Waals surface area contributed by atoms with Crippen LogP contribution in [0.2, 0.25) is 0 Å². The first-order chi connectivity index (χ1) is 13.0. The number of benzene rings is 2. The van der Waals surface area contributed by atoms with Crippen LogP contribution in [-0.4, -0.2) is 39.2 Å². The number of aryl methyl sites for hydroxylation is 2. The topological polar surface area (TPSA) is 66.0 Å². The summed E-state index contributed by atoms with van der Waals surface area (Å²) in [6, 6.07) is 15.7. The molecule has 2 amide bonds. The summed E-state index contributed by atoms with van der Waals surface area (Å²) in [4.78, 5) is 18.3. The van der Waals surface area contributed by atoms with E-state index in [4.69, 9.17) is 4.74 Å². The van der Waals surface area contributed by atoms with Gasteiger partial charge in [0.05, 0.1) is 18.9 Å². The third-order valence-corrected chi connectivity index (χ3v) is 4.18. The average Bonchev–Trinajstić information content (AvgIpc) is 2.67. The molecular weight excluding hydrogens is 340 g/mol. The highest BCUT2D eigenvalue weighted by atomic mass is 16.5. The van der Waals surface area contributed by atoms with Crippen molar-refractivity contribution in [3.05, 3.63) is 65.2 Å². The highest BCUT2D eigenvalue weighted by Gasteiger charge is 2.16. The van der Waals surface area contributed by atoms with Gasteiger partial charge < -0.3 is 10.1 Å². The van der Waals surface area contributed by atoms with Crippen molar-refractivity contribution in [1.29, 1.82) is 0 Å². The molecule has 2 aromatic rings. The van der Waals surface area contributed by atoms with Gasteiger partial charge in [0.1, 0.15) is 0 Å². The lowest BCUT2D eigenvalue weighted by molar-refractivity contribution is 0.125. The van der Waals surface area contributed by atoms with Gasteiger partial charge in [-0.25, -0.2) is 4.79 Å². The first-order valence-electron chi connectivity index (χ1n) is 8.96. The predicted octanol–water partition coefficient (Wildman–Crippen LogP) is 3.24. The van der Waals surface area contributed by atoms with Crippen LogP contribution in [0, 0.1) is 13.8 Å². The molecule has 0 saturated carbocycles. The van der Waals surface area contributed by atoms with Crippen molar-refractivity contribution in [2.75, 3.05) is 32.1 Å². The smallest absolute Gasteiger partial charge is 0.328 e. The molecule has 0 aliphatic carbocycles. The van der Waals surface area contributed by atoms with Crippen molar-refractivity contribution in [2.24, 2.45) is 4.99 Å². The van der Waals surface area contributed by atoms with E-state index in [0.717, 1.165) is 22.4 Å². The average molecular weight is 368 g/mol. The highest BCUT2D eigenvalue weighted by Crippen LogP contribution is 2.23. The van der Waals surface area contributed by atoms with Crippen molar-refractivity contribution < 1.29 is 9.53 Å². The molecule has 0 radical (unpaired) electrons. The summed E-state index contributed by atoms with van der Waals surface area (Å²) in [5, 5.41) is 5.89. The second-order valence-electron chi connectivity index (χ2n) is 6.27. The van der Waals surface area contributed by atoms with Gasteiger partial charge in [-0.15, -0.1) is 0 Å². The first kappa shape index (κ1) is 20.5. The van der Waals surface area contributed by atoms with Crippen molar-refractivity contribution >= 4 is 17.7 Å². The molecule has 0 fully saturated rings. The maximum Gasteiger partial charge on any atom is 0.328 e. The molecular formula is C21H28N4O2. The standard InChI is InChI=1S/C21H28N4O2/c1-16-9-8-10-17(2)19(16)25(4)21(26)24-20(22-3)23-13-14-27-15-18-11-6-5-7-12-18/h5-12H,13-15H2,1-4H3,(H2,22,23,24,26). The number of carbonyl (C=O) groups excluding carboxylic acids is 1. The number of carbonyl (C=O) groups is 1. The molecule has 2 aromatic carbocycles. The van der Waals surface area contributed by atoms with Gasteiger partial charge in [0.15, 0.2) is 5.96 Å². The molecule has 144 valence electrons. The molecule has 0 atom stereocenters. The number of anilines is 1. The lowest BCUT2D eigenvalue weighted by Gasteiger charge is -2.22. The van der Waals surface area contributed by atoms with E-state index in [1.54, 1.807) is 19.0 Å². The fraction of sp³-hybridized carbons (Fsp3) is 0.333. The van der Waals surface area contributed by atoms with Gasteiger partial charge in [-0.1, -0.05) is 48.5 Å². The Bertz CT molecular complexity index is 755. The van der Waals surface area contributed by atoms with Gasteiger partial charge in [0.25, 0.3) is 0 Å². The van der Waals surface area contributed by atoms with Crippen LogP contribution >= 0.6 is 0 Å². The lowest BCUT2D eigenvalue weighted by Crippen LogP contribution is -2.47. The second-order valence-corrected chi connectivity index (χ2v) is 6.27. The number of nitrogens with one attached hydrogen (secondary N) is 2. The minimum absolute atomic E-state index is 0.245. The van der Waals surface area contributed by atoms with Crippen molar-refractivity contribution in [2.45, 2.75) is 20.5 Å². The van der Waals surface area contributed by atoms with E-state index in [1.165, 1.54) is 0 Å². The number of para-hydroxylation sites is 1. The highest BCUT2D eigenvalue weighted by molar-refractivity contribution is 6.04. The largest absolute Gasteiger partial charge is 0.375 e. The number of ether oxygens (including phenoxy) is 1. The molecule has 2 N–H and O–H groups in total. The van der Waals surface area contributed by atoms with Gasteiger partial charge >= 0.3 is 6.03 Å². The Kier molecular flexibility index (Phi) is 7.82. The molecule has 0 bridgehead atoms. The Morgan fingerprint density at radius 1 is 1.07 bits per heavy atom. The molecule has 6 heteroatoms. The van der Waals surface area contributed by atoms with E-state index < -0.39 is 0 Å². The van der Waals surface area contributed by atoms with Crippen LogP contribution in [0.4, 0.5) is 10.5 Å². The van der Waals surface area contributed by atoms with Crippen molar-refractivity contribution in [3.63, 3.8) is 0 Å². The third-order valence-electron chi connectivity index (χ3n) is 4.18. The quantitative estimate of drug-likeness (QED) is 0.467. The van der Waals surface area contributed by atoms with E-state index in [0.29, 0.717) is 25.7 Å². The second kappa shape index (κ2) is 10.3. The summed E-state index contributed by atoms with van der Waals surface area (Å²) in [6.07, 6.45) is 0. The molecule has 0 spiro atoms. The molecule has 0 aliphatic heterocycles. The van der Waals surface area contributed by atoms with Crippen LogP contribution < -0.4 is 15.5 Å². The van der Waals surface area contributed by atoms with Gasteiger partial charge in [0.2, 0.25) is 0 Å². The predicted molar refractivity (Wildman–Crippen MR) is 110 cm³/mol. The minimum atomic E-state index is -0.245. The zero-order valence-electron chi connectivity index (χ0n) is 16.5. The molecule has 0 heterocycles. The molecule has 0 aliphatic rings. The number of urea groups is 1. The molecule has 27 heavy (non-hydrogen) atoms. The number of hydrogen-bond acceptors (Lipinski definition) is 3. The normalized spacial score (nSPS) is 11.2. The van der Waals surface area contributed by atoms with Gasteiger partial charge in [-0.3, -0.25) is 15.2 Å². The number of guanidine groups is 1. The van der Waals surface area contributed by atoms with Gasteiger partial charge in [0, 0.05) is 20.6 Å². The number of nitrogens with zero attached hydrogens (tertiary/aromatic N) is 2. The third kappa shape index (κ3) is 6.11. The number of aliphatic imine (C=N–C) groups is 1. The van der Waals surface area contributed by atoms with Gasteiger partial charge in [-0.2, -0.15) is 0 Å². The van der Waals surface area contributed by atoms with Crippen LogP contribution in [0.25, 0.3) is 0 Å². The number of rotatable bonds is 6. The van der Waals surface area contributed by atoms with E-state index in [9.17, 15) is 4.79 Å². The van der Waals surface area contributed by atoms with Crippen LogP contribution in [0.3, 0.4) is 0 Å². The summed E-state index contributed by atoms with van der Waals surface area (Å²) in [5.41, 5.74) is 4.12. The van der Waals surface area contributed by atoms with E-state index >= 15 is 0 Å². The molecule has 0 unspecified atom stereocenters.